The molecule has 0 aliphatic heterocycles. The fourth-order valence-electron chi connectivity index (χ4n) is 3.23. The first-order valence-corrected chi connectivity index (χ1v) is 10.9. The van der Waals surface area contributed by atoms with Crippen LogP contribution in [0.15, 0.2) is 17.8 Å². The summed E-state index contributed by atoms with van der Waals surface area (Å²) in [6.07, 6.45) is 8.43. The molecule has 0 fully saturated rings. The van der Waals surface area contributed by atoms with Gasteiger partial charge in [0.15, 0.2) is 5.16 Å². The number of nitriles is 1. The van der Waals surface area contributed by atoms with Crippen molar-refractivity contribution in [2.45, 2.75) is 57.1 Å². The van der Waals surface area contributed by atoms with Crippen LogP contribution in [0.1, 0.15) is 47.5 Å². The molecule has 3 rings (SSSR count). The van der Waals surface area contributed by atoms with Gasteiger partial charge in [-0.3, -0.25) is 4.79 Å². The first-order valence-electron chi connectivity index (χ1n) is 9.12. The second kappa shape index (κ2) is 9.20. The van der Waals surface area contributed by atoms with Crippen molar-refractivity contribution < 1.29 is 4.79 Å². The van der Waals surface area contributed by atoms with E-state index in [1.54, 1.807) is 17.4 Å². The van der Waals surface area contributed by atoms with E-state index in [4.69, 9.17) is 0 Å². The van der Waals surface area contributed by atoms with Gasteiger partial charge in [-0.15, -0.1) is 28.1 Å². The zero-order chi connectivity index (χ0) is 19.2. The van der Waals surface area contributed by atoms with E-state index < -0.39 is 0 Å². The number of aromatic nitrogens is 3. The van der Waals surface area contributed by atoms with E-state index in [1.165, 1.54) is 29.5 Å². The summed E-state index contributed by atoms with van der Waals surface area (Å²) in [7, 11) is 0. The van der Waals surface area contributed by atoms with Crippen LogP contribution in [0.3, 0.4) is 0 Å². The number of carbonyl (C=O) groups excluding carboxylic acids is 1. The maximum absolute atomic E-state index is 12.5. The number of carbonyl (C=O) groups is 1. The topological polar surface area (TPSA) is 83.6 Å². The summed E-state index contributed by atoms with van der Waals surface area (Å²) in [5.41, 5.74) is 1.80. The third kappa shape index (κ3) is 4.60. The lowest BCUT2D eigenvalue weighted by atomic mass is 9.97. The van der Waals surface area contributed by atoms with E-state index >= 15 is 0 Å². The zero-order valence-corrected chi connectivity index (χ0v) is 17.1. The van der Waals surface area contributed by atoms with Crippen LogP contribution in [0.25, 0.3) is 0 Å². The molecule has 2 aromatic rings. The number of aryl methyl sites for hydroxylation is 2. The van der Waals surface area contributed by atoms with Gasteiger partial charge in [0.05, 0.1) is 11.3 Å². The number of nitrogens with zero attached hydrogens (tertiary/aromatic N) is 4. The number of thioether (sulfide) groups is 1. The Bertz CT molecular complexity index is 878. The lowest BCUT2D eigenvalue weighted by Gasteiger charge is -2.08. The van der Waals surface area contributed by atoms with Gasteiger partial charge in [0, 0.05) is 11.4 Å². The first kappa shape index (κ1) is 19.6. The Morgan fingerprint density at radius 1 is 1.37 bits per heavy atom. The molecule has 8 heteroatoms. The number of hydrogen-bond acceptors (Lipinski definition) is 6. The molecule has 2 heterocycles. The number of thiophene rings is 1. The predicted molar refractivity (Wildman–Crippen MR) is 109 cm³/mol. The van der Waals surface area contributed by atoms with Gasteiger partial charge < -0.3 is 9.88 Å². The minimum absolute atomic E-state index is 0.128. The van der Waals surface area contributed by atoms with E-state index in [0.717, 1.165) is 37.1 Å². The number of anilines is 1. The van der Waals surface area contributed by atoms with Crippen LogP contribution in [-0.4, -0.2) is 26.4 Å². The number of allylic oxidation sites excluding steroid dienone is 1. The van der Waals surface area contributed by atoms with Gasteiger partial charge in [0.2, 0.25) is 5.91 Å². The van der Waals surface area contributed by atoms with Crippen molar-refractivity contribution in [2.24, 2.45) is 0 Å². The molecule has 0 saturated heterocycles. The Kier molecular flexibility index (Phi) is 6.69. The molecule has 142 valence electrons. The second-order valence-corrected chi connectivity index (χ2v) is 8.55. The minimum atomic E-state index is -0.128. The molecule has 0 bridgehead atoms. The van der Waals surface area contributed by atoms with Gasteiger partial charge in [-0.05, 0) is 38.2 Å². The predicted octanol–water partition coefficient (Wildman–Crippen LogP) is 4.10. The second-order valence-electron chi connectivity index (χ2n) is 6.50. The van der Waals surface area contributed by atoms with Gasteiger partial charge in [0.25, 0.3) is 0 Å². The molecule has 6 nitrogen and oxygen atoms in total. The van der Waals surface area contributed by atoms with E-state index in [2.05, 4.69) is 28.2 Å². The highest BCUT2D eigenvalue weighted by Gasteiger charge is 2.21. The molecule has 0 spiro atoms. The Hall–Kier alpha value is -2.11. The number of rotatable bonds is 6. The molecule has 1 aliphatic carbocycles. The van der Waals surface area contributed by atoms with Crippen molar-refractivity contribution in [3.05, 3.63) is 34.5 Å². The third-order valence-corrected chi connectivity index (χ3v) is 6.76. The summed E-state index contributed by atoms with van der Waals surface area (Å²) < 4.78 is 1.92. The van der Waals surface area contributed by atoms with Gasteiger partial charge in [0.1, 0.15) is 16.9 Å². The largest absolute Gasteiger partial charge is 0.316 e. The first-order chi connectivity index (χ1) is 13.1. The Morgan fingerprint density at radius 2 is 2.15 bits per heavy atom. The molecule has 0 unspecified atom stereocenters. The van der Waals surface area contributed by atoms with Crippen LogP contribution in [0, 0.1) is 18.3 Å². The van der Waals surface area contributed by atoms with Crippen LogP contribution in [0.2, 0.25) is 0 Å². The minimum Gasteiger partial charge on any atom is -0.316 e. The third-order valence-electron chi connectivity index (χ3n) is 4.58. The van der Waals surface area contributed by atoms with Crippen molar-refractivity contribution in [3.8, 4) is 6.07 Å². The summed E-state index contributed by atoms with van der Waals surface area (Å²) in [4.78, 5) is 13.7. The molecule has 1 N–H and O–H groups in total. The molecular formula is C19H23N5OS2. The maximum atomic E-state index is 12.5. The molecule has 0 saturated carbocycles. The lowest BCUT2D eigenvalue weighted by Crippen LogP contribution is -2.14. The van der Waals surface area contributed by atoms with E-state index in [9.17, 15) is 10.1 Å². The smallest absolute Gasteiger partial charge is 0.235 e. The van der Waals surface area contributed by atoms with Crippen molar-refractivity contribution in [1.82, 2.24) is 14.8 Å². The average Bonchev–Trinajstić information content (AvgIpc) is 3.14. The van der Waals surface area contributed by atoms with Crippen LogP contribution < -0.4 is 5.32 Å². The van der Waals surface area contributed by atoms with Gasteiger partial charge in [-0.2, -0.15) is 5.26 Å². The molecule has 2 aromatic heterocycles. The van der Waals surface area contributed by atoms with Crippen molar-refractivity contribution in [2.75, 3.05) is 11.1 Å². The molecular weight excluding hydrogens is 378 g/mol. The lowest BCUT2D eigenvalue weighted by molar-refractivity contribution is -0.113. The maximum Gasteiger partial charge on any atom is 0.235 e. The van der Waals surface area contributed by atoms with Crippen LogP contribution in [-0.2, 0) is 24.2 Å². The quantitative estimate of drug-likeness (QED) is 0.582. The van der Waals surface area contributed by atoms with E-state index in [0.29, 0.717) is 22.3 Å². The molecule has 0 radical (unpaired) electrons. The molecule has 1 aliphatic rings. The van der Waals surface area contributed by atoms with Crippen molar-refractivity contribution in [1.29, 1.82) is 5.26 Å². The van der Waals surface area contributed by atoms with Crippen LogP contribution in [0.5, 0.6) is 0 Å². The highest BCUT2D eigenvalue weighted by Crippen LogP contribution is 2.36. The summed E-state index contributed by atoms with van der Waals surface area (Å²) in [5.74, 6) is 0.891. The normalized spacial score (nSPS) is 13.9. The summed E-state index contributed by atoms with van der Waals surface area (Å²) >= 11 is 2.91. The van der Waals surface area contributed by atoms with E-state index in [-0.39, 0.29) is 11.7 Å². The SMILES string of the molecule is C=CCn1c(C)nnc1SCC(=O)Nc1sc2c(c1C#N)CCCCCC2. The summed E-state index contributed by atoms with van der Waals surface area (Å²) in [5, 5.41) is 22.1. The molecule has 0 atom stereocenters. The van der Waals surface area contributed by atoms with Crippen molar-refractivity contribution in [3.63, 3.8) is 0 Å². The van der Waals surface area contributed by atoms with Crippen LogP contribution in [0.4, 0.5) is 5.00 Å². The zero-order valence-electron chi connectivity index (χ0n) is 15.5. The molecule has 1 amide bonds. The number of amides is 1. The summed E-state index contributed by atoms with van der Waals surface area (Å²) in [6, 6.07) is 2.31. The highest BCUT2D eigenvalue weighted by molar-refractivity contribution is 7.99. The Balaban J connectivity index is 1.68. The fourth-order valence-corrected chi connectivity index (χ4v) is 5.28. The molecule has 27 heavy (non-hydrogen) atoms. The Labute approximate surface area is 167 Å². The van der Waals surface area contributed by atoms with Gasteiger partial charge in [-0.25, -0.2) is 0 Å². The van der Waals surface area contributed by atoms with Crippen molar-refractivity contribution >= 4 is 34.0 Å². The Morgan fingerprint density at radius 3 is 2.89 bits per heavy atom. The highest BCUT2D eigenvalue weighted by atomic mass is 32.2. The standard InChI is InChI=1S/C19H23N5OS2/c1-3-10-24-13(2)22-23-19(24)26-12-17(25)21-18-15(11-20)14-8-6-4-5-7-9-16(14)27-18/h3H,1,4-10,12H2,2H3,(H,21,25). The number of fused-ring (bicyclic) bond motifs is 1. The number of nitrogens with one attached hydrogen (secondary N) is 1. The van der Waals surface area contributed by atoms with Crippen LogP contribution >= 0.6 is 23.1 Å². The van der Waals surface area contributed by atoms with Gasteiger partial charge >= 0.3 is 0 Å². The summed E-state index contributed by atoms with van der Waals surface area (Å²) in [6.45, 7) is 6.23. The molecule has 0 aromatic carbocycles. The van der Waals surface area contributed by atoms with Gasteiger partial charge in [-0.1, -0.05) is 30.7 Å². The fraction of sp³-hybridized carbons (Fsp3) is 0.474. The monoisotopic (exact) mass is 401 g/mol. The average molecular weight is 402 g/mol. The number of hydrogen-bond donors (Lipinski definition) is 1. The van der Waals surface area contributed by atoms with E-state index in [1.807, 2.05) is 11.5 Å².